The maximum atomic E-state index is 2.27. The van der Waals surface area contributed by atoms with Gasteiger partial charge in [-0.2, -0.15) is 0 Å². The number of benzene rings is 2. The summed E-state index contributed by atoms with van der Waals surface area (Å²) in [6.45, 7) is 27.4. The molecule has 0 fully saturated rings. The highest BCUT2D eigenvalue weighted by Gasteiger charge is 2.16. The summed E-state index contributed by atoms with van der Waals surface area (Å²) in [7, 11) is 0. The Bertz CT molecular complexity index is 538. The molecule has 0 bridgehead atoms. The molecule has 0 aliphatic rings. The zero-order chi connectivity index (χ0) is 24.8. The maximum absolute atomic E-state index is 2.27. The monoisotopic (exact) mass is 442 g/mol. The van der Waals surface area contributed by atoms with Crippen LogP contribution >= 0.6 is 0 Å². The first-order chi connectivity index (χ1) is 15.3. The Hall–Kier alpha value is -1.60. The van der Waals surface area contributed by atoms with Crippen LogP contribution in [0.2, 0.25) is 0 Å². The van der Waals surface area contributed by atoms with Crippen molar-refractivity contribution in [1.82, 2.24) is 0 Å². The molecule has 2 aromatic carbocycles. The van der Waals surface area contributed by atoms with Crippen LogP contribution < -0.4 is 0 Å². The molecule has 0 aromatic heterocycles. The smallest absolute Gasteiger partial charge is 0.0757 e. The van der Waals surface area contributed by atoms with Gasteiger partial charge in [0.25, 0.3) is 0 Å². The molecular formula is C31H56N+. The summed E-state index contributed by atoms with van der Waals surface area (Å²) in [5, 5.41) is 0. The number of quaternary nitrogens is 1. The summed E-state index contributed by atoms with van der Waals surface area (Å²) in [5.41, 5.74) is 2.90. The van der Waals surface area contributed by atoms with Crippen LogP contribution in [0.5, 0.6) is 0 Å². The van der Waals surface area contributed by atoms with Crippen molar-refractivity contribution in [2.24, 2.45) is 0 Å². The van der Waals surface area contributed by atoms with Gasteiger partial charge in [0.05, 0.1) is 26.2 Å². The lowest BCUT2D eigenvalue weighted by molar-refractivity contribution is -0.921. The standard InChI is InChI=1S/2C10H14.C8H20N.C3H8/c2*1-3-9(2)10-7-5-4-6-8-10;1-5-9(6-2,7-3)8-4;1-3-2/h2*4-9H,3H2,1-2H3;5-8H2,1-4H3;3H2,1-2H3/q;;+1;. The molecule has 0 aliphatic heterocycles. The van der Waals surface area contributed by atoms with Crippen molar-refractivity contribution >= 4 is 0 Å². The first-order valence-electron chi connectivity index (χ1n) is 13.3. The lowest BCUT2D eigenvalue weighted by Crippen LogP contribution is -2.47. The van der Waals surface area contributed by atoms with Crippen molar-refractivity contribution in [1.29, 1.82) is 0 Å². The molecule has 0 spiro atoms. The largest absolute Gasteiger partial charge is 0.325 e. The van der Waals surface area contributed by atoms with Gasteiger partial charge >= 0.3 is 0 Å². The molecule has 2 atom stereocenters. The van der Waals surface area contributed by atoms with E-state index in [2.05, 4.69) is 130 Å². The van der Waals surface area contributed by atoms with E-state index in [-0.39, 0.29) is 0 Å². The second-order valence-electron chi connectivity index (χ2n) is 8.75. The summed E-state index contributed by atoms with van der Waals surface area (Å²) in [6.07, 6.45) is 3.70. The fourth-order valence-electron chi connectivity index (χ4n) is 3.38. The van der Waals surface area contributed by atoms with Gasteiger partial charge in [-0.25, -0.2) is 0 Å². The van der Waals surface area contributed by atoms with E-state index in [1.807, 2.05) is 0 Å². The summed E-state index contributed by atoms with van der Waals surface area (Å²) in [4.78, 5) is 0. The van der Waals surface area contributed by atoms with Crippen molar-refractivity contribution in [3.63, 3.8) is 0 Å². The third-order valence-electron chi connectivity index (χ3n) is 6.65. The quantitative estimate of drug-likeness (QED) is 0.357. The van der Waals surface area contributed by atoms with Crippen LogP contribution in [0.1, 0.15) is 111 Å². The van der Waals surface area contributed by atoms with Gasteiger partial charge in [-0.3, -0.25) is 0 Å². The third-order valence-corrected chi connectivity index (χ3v) is 6.65. The maximum Gasteiger partial charge on any atom is 0.0757 e. The molecule has 0 N–H and O–H groups in total. The van der Waals surface area contributed by atoms with Gasteiger partial charge in [-0.15, -0.1) is 0 Å². The molecule has 0 heterocycles. The van der Waals surface area contributed by atoms with Gasteiger partial charge in [0.2, 0.25) is 0 Å². The van der Waals surface area contributed by atoms with E-state index in [9.17, 15) is 0 Å². The second-order valence-corrected chi connectivity index (χ2v) is 8.75. The molecule has 1 nitrogen and oxygen atoms in total. The van der Waals surface area contributed by atoms with E-state index >= 15 is 0 Å². The first kappa shape index (κ1) is 32.6. The minimum Gasteiger partial charge on any atom is -0.325 e. The molecule has 0 aliphatic carbocycles. The van der Waals surface area contributed by atoms with Crippen LogP contribution in [-0.2, 0) is 0 Å². The molecule has 2 unspecified atom stereocenters. The van der Waals surface area contributed by atoms with Crippen LogP contribution in [0, 0.1) is 0 Å². The molecule has 184 valence electrons. The SMILES string of the molecule is CCC.CCC(C)c1ccccc1.CCC(C)c1ccccc1.CC[N+](CC)(CC)CC. The van der Waals surface area contributed by atoms with Gasteiger partial charge in [-0.05, 0) is 63.5 Å². The Morgan fingerprint density at radius 3 is 0.906 bits per heavy atom. The zero-order valence-electron chi connectivity index (χ0n) is 23.3. The fraction of sp³-hybridized carbons (Fsp3) is 0.613. The summed E-state index contributed by atoms with van der Waals surface area (Å²) in [6, 6.07) is 21.3. The van der Waals surface area contributed by atoms with E-state index < -0.39 is 0 Å². The third kappa shape index (κ3) is 14.5. The molecule has 2 rings (SSSR count). The van der Waals surface area contributed by atoms with Crippen LogP contribution in [-0.4, -0.2) is 30.7 Å². The van der Waals surface area contributed by atoms with E-state index in [4.69, 9.17) is 0 Å². The summed E-state index contributed by atoms with van der Waals surface area (Å²) in [5.74, 6) is 1.42. The fourth-order valence-corrected chi connectivity index (χ4v) is 3.38. The van der Waals surface area contributed by atoms with E-state index in [0.717, 1.165) is 0 Å². The van der Waals surface area contributed by atoms with Crippen molar-refractivity contribution in [2.45, 2.75) is 100 Å². The van der Waals surface area contributed by atoms with Crippen LogP contribution in [0.3, 0.4) is 0 Å². The molecule has 1 heteroatoms. The molecule has 0 amide bonds. The highest BCUT2D eigenvalue weighted by atomic mass is 15.3. The predicted octanol–water partition coefficient (Wildman–Crippen LogP) is 9.70. The van der Waals surface area contributed by atoms with E-state index in [0.29, 0.717) is 11.8 Å². The topological polar surface area (TPSA) is 0 Å². The van der Waals surface area contributed by atoms with E-state index in [1.165, 1.54) is 61.1 Å². The van der Waals surface area contributed by atoms with Gasteiger partial charge in [0.15, 0.2) is 0 Å². The molecular weight excluding hydrogens is 386 g/mol. The normalized spacial score (nSPS) is 12.1. The molecule has 2 aromatic rings. The second kappa shape index (κ2) is 21.3. The average Bonchev–Trinajstić information content (AvgIpc) is 2.87. The van der Waals surface area contributed by atoms with Crippen LogP contribution in [0.15, 0.2) is 60.7 Å². The Kier molecular flexibility index (Phi) is 21.6. The Labute approximate surface area is 202 Å². The minimum absolute atomic E-state index is 0.709. The van der Waals surface area contributed by atoms with Crippen molar-refractivity contribution in [2.75, 3.05) is 26.2 Å². The summed E-state index contributed by atoms with van der Waals surface area (Å²) >= 11 is 0. The van der Waals surface area contributed by atoms with E-state index in [1.54, 1.807) is 0 Å². The summed E-state index contributed by atoms with van der Waals surface area (Å²) < 4.78 is 1.28. The van der Waals surface area contributed by atoms with Gasteiger partial charge in [0.1, 0.15) is 0 Å². The highest BCUT2D eigenvalue weighted by Crippen LogP contribution is 2.17. The Morgan fingerprint density at radius 2 is 0.750 bits per heavy atom. The lowest BCUT2D eigenvalue weighted by atomic mass is 9.99. The predicted molar refractivity (Wildman–Crippen MR) is 149 cm³/mol. The molecule has 0 saturated heterocycles. The van der Waals surface area contributed by atoms with Crippen molar-refractivity contribution < 1.29 is 4.48 Å². The molecule has 0 saturated carbocycles. The lowest BCUT2D eigenvalue weighted by Gasteiger charge is -2.34. The van der Waals surface area contributed by atoms with Crippen molar-refractivity contribution in [3.8, 4) is 0 Å². The van der Waals surface area contributed by atoms with Crippen molar-refractivity contribution in [3.05, 3.63) is 71.8 Å². The zero-order valence-corrected chi connectivity index (χ0v) is 23.3. The van der Waals surface area contributed by atoms with Gasteiger partial charge < -0.3 is 4.48 Å². The number of rotatable bonds is 8. The Balaban J connectivity index is 0. The first-order valence-corrected chi connectivity index (χ1v) is 13.3. The minimum atomic E-state index is 0.709. The van der Waals surface area contributed by atoms with Crippen LogP contribution in [0.4, 0.5) is 0 Å². The molecule has 32 heavy (non-hydrogen) atoms. The van der Waals surface area contributed by atoms with Gasteiger partial charge in [-0.1, -0.05) is 109 Å². The van der Waals surface area contributed by atoms with Crippen LogP contribution in [0.25, 0.3) is 0 Å². The Morgan fingerprint density at radius 1 is 0.500 bits per heavy atom. The average molecular weight is 443 g/mol. The molecule has 0 radical (unpaired) electrons. The number of hydrogen-bond acceptors (Lipinski definition) is 0. The highest BCUT2D eigenvalue weighted by molar-refractivity contribution is 5.19. The van der Waals surface area contributed by atoms with Gasteiger partial charge in [0, 0.05) is 0 Å². The number of nitrogens with zero attached hydrogens (tertiary/aromatic N) is 1. The number of hydrogen-bond donors (Lipinski definition) is 0.